The zero-order valence-corrected chi connectivity index (χ0v) is 16.7. The van der Waals surface area contributed by atoms with E-state index < -0.39 is 0 Å². The first-order valence-corrected chi connectivity index (χ1v) is 9.64. The first kappa shape index (κ1) is 20.8. The molecular weight excluding hydrogens is 362 g/mol. The maximum atomic E-state index is 11.6. The molecule has 144 valence electrons. The summed E-state index contributed by atoms with van der Waals surface area (Å²) >= 11 is 1.13. The van der Waals surface area contributed by atoms with Gasteiger partial charge in [0.1, 0.15) is 18.2 Å². The Morgan fingerprint density at radius 3 is 2.59 bits per heavy atom. The number of amides is 2. The van der Waals surface area contributed by atoms with Crippen LogP contribution in [0.25, 0.3) is 0 Å². The number of nitrogens with one attached hydrogen (secondary N) is 1. The van der Waals surface area contributed by atoms with Crippen LogP contribution in [0.2, 0.25) is 0 Å². The molecule has 1 aromatic carbocycles. The SMILES string of the molecule is CC(=O)NC(=O)S[C@H](C)Cc1ccc(OCCN(C)c2ccccn2)cc1. The van der Waals surface area contributed by atoms with Crippen molar-refractivity contribution < 1.29 is 14.3 Å². The Hall–Kier alpha value is -2.54. The molecule has 2 amide bonds. The molecule has 0 bridgehead atoms. The van der Waals surface area contributed by atoms with Crippen LogP contribution in [0.1, 0.15) is 19.4 Å². The van der Waals surface area contributed by atoms with Gasteiger partial charge in [-0.3, -0.25) is 14.9 Å². The van der Waals surface area contributed by atoms with E-state index in [4.69, 9.17) is 4.74 Å². The highest BCUT2D eigenvalue weighted by Gasteiger charge is 2.12. The molecule has 27 heavy (non-hydrogen) atoms. The van der Waals surface area contributed by atoms with Crippen LogP contribution in [0.15, 0.2) is 48.7 Å². The summed E-state index contributed by atoms with van der Waals surface area (Å²) in [5.41, 5.74) is 1.11. The van der Waals surface area contributed by atoms with Crippen molar-refractivity contribution >= 4 is 28.7 Å². The second-order valence-electron chi connectivity index (χ2n) is 6.20. The van der Waals surface area contributed by atoms with Crippen LogP contribution in [0.4, 0.5) is 10.6 Å². The van der Waals surface area contributed by atoms with Crippen LogP contribution in [-0.2, 0) is 11.2 Å². The second-order valence-corrected chi connectivity index (χ2v) is 7.61. The Morgan fingerprint density at radius 1 is 1.22 bits per heavy atom. The van der Waals surface area contributed by atoms with Crippen LogP contribution in [0.3, 0.4) is 0 Å². The molecule has 1 atom stereocenters. The Kier molecular flexibility index (Phi) is 8.13. The lowest BCUT2D eigenvalue weighted by atomic mass is 10.1. The van der Waals surface area contributed by atoms with Gasteiger partial charge in [-0.1, -0.05) is 36.9 Å². The van der Waals surface area contributed by atoms with Crippen molar-refractivity contribution in [2.45, 2.75) is 25.5 Å². The van der Waals surface area contributed by atoms with Crippen LogP contribution in [0, 0.1) is 0 Å². The van der Waals surface area contributed by atoms with Gasteiger partial charge >= 0.3 is 0 Å². The standard InChI is InChI=1S/C20H25N3O3S/c1-15(27-20(25)22-16(2)24)14-17-7-9-18(10-8-17)26-13-12-23(3)19-6-4-5-11-21-19/h4-11,15H,12-14H2,1-3H3,(H,22,24,25)/t15-/m1/s1. The third kappa shape index (κ3) is 7.70. The van der Waals surface area contributed by atoms with E-state index in [9.17, 15) is 9.59 Å². The molecule has 1 heterocycles. The number of hydrogen-bond acceptors (Lipinski definition) is 6. The molecule has 6 nitrogen and oxygen atoms in total. The van der Waals surface area contributed by atoms with Crippen molar-refractivity contribution in [1.82, 2.24) is 10.3 Å². The fourth-order valence-corrected chi connectivity index (χ4v) is 3.29. The number of aromatic nitrogens is 1. The van der Waals surface area contributed by atoms with E-state index in [0.717, 1.165) is 41.9 Å². The predicted molar refractivity (Wildman–Crippen MR) is 109 cm³/mol. The molecule has 0 saturated carbocycles. The van der Waals surface area contributed by atoms with Gasteiger partial charge in [-0.2, -0.15) is 0 Å². The van der Waals surface area contributed by atoms with Gasteiger partial charge in [-0.15, -0.1) is 0 Å². The molecule has 0 aliphatic carbocycles. The first-order chi connectivity index (χ1) is 12.9. The maximum absolute atomic E-state index is 11.6. The molecule has 0 unspecified atom stereocenters. The number of ether oxygens (including phenoxy) is 1. The molecule has 0 radical (unpaired) electrons. The normalized spacial score (nSPS) is 11.5. The third-order valence-electron chi connectivity index (χ3n) is 3.77. The van der Waals surface area contributed by atoms with Crippen LogP contribution in [-0.4, -0.2) is 41.6 Å². The number of likely N-dealkylation sites (N-methyl/N-ethyl adjacent to an activating group) is 1. The van der Waals surface area contributed by atoms with Gasteiger partial charge < -0.3 is 9.64 Å². The number of hydrogen-bond donors (Lipinski definition) is 1. The summed E-state index contributed by atoms with van der Waals surface area (Å²) in [7, 11) is 1.98. The van der Waals surface area contributed by atoms with E-state index in [-0.39, 0.29) is 16.4 Å². The van der Waals surface area contributed by atoms with Crippen molar-refractivity contribution in [2.75, 3.05) is 25.1 Å². The number of pyridine rings is 1. The van der Waals surface area contributed by atoms with Crippen molar-refractivity contribution in [3.05, 3.63) is 54.2 Å². The summed E-state index contributed by atoms with van der Waals surface area (Å²) in [5.74, 6) is 1.38. The largest absolute Gasteiger partial charge is 0.492 e. The molecule has 0 aliphatic rings. The zero-order chi connectivity index (χ0) is 19.6. The lowest BCUT2D eigenvalue weighted by molar-refractivity contribution is -0.117. The van der Waals surface area contributed by atoms with Gasteiger partial charge in [0, 0.05) is 25.4 Å². The van der Waals surface area contributed by atoms with Gasteiger partial charge in [-0.05, 0) is 36.2 Å². The average Bonchev–Trinajstić information content (AvgIpc) is 2.63. The number of rotatable bonds is 8. The van der Waals surface area contributed by atoms with Crippen LogP contribution < -0.4 is 15.0 Å². The molecule has 0 fully saturated rings. The minimum absolute atomic E-state index is 0.0724. The fraction of sp³-hybridized carbons (Fsp3) is 0.350. The van der Waals surface area contributed by atoms with Gasteiger partial charge in [0.2, 0.25) is 5.91 Å². The zero-order valence-electron chi connectivity index (χ0n) is 15.8. The number of nitrogens with zero attached hydrogens (tertiary/aromatic N) is 2. The first-order valence-electron chi connectivity index (χ1n) is 8.76. The molecular formula is C20H25N3O3S. The Bertz CT molecular complexity index is 738. The number of thioether (sulfide) groups is 1. The predicted octanol–water partition coefficient (Wildman–Crippen LogP) is 3.52. The van der Waals surface area contributed by atoms with E-state index in [1.54, 1.807) is 6.20 Å². The van der Waals surface area contributed by atoms with Gasteiger partial charge in [0.25, 0.3) is 5.24 Å². The molecule has 2 aromatic rings. The van der Waals surface area contributed by atoms with Gasteiger partial charge in [0.15, 0.2) is 0 Å². The minimum atomic E-state index is -0.338. The van der Waals surface area contributed by atoms with Crippen LogP contribution in [0.5, 0.6) is 5.75 Å². The fourth-order valence-electron chi connectivity index (χ4n) is 2.45. The summed E-state index contributed by atoms with van der Waals surface area (Å²) in [6, 6.07) is 13.7. The molecule has 0 saturated heterocycles. The Labute approximate surface area is 164 Å². The highest BCUT2D eigenvalue weighted by molar-refractivity contribution is 8.14. The Balaban J connectivity index is 1.74. The minimum Gasteiger partial charge on any atom is -0.492 e. The molecule has 0 spiro atoms. The summed E-state index contributed by atoms with van der Waals surface area (Å²) < 4.78 is 5.79. The molecule has 1 N–H and O–H groups in total. The topological polar surface area (TPSA) is 71.5 Å². The van der Waals surface area contributed by atoms with Crippen molar-refractivity contribution in [3.8, 4) is 5.75 Å². The molecule has 7 heteroatoms. The third-order valence-corrected chi connectivity index (χ3v) is 4.65. The van der Waals surface area contributed by atoms with Crippen molar-refractivity contribution in [2.24, 2.45) is 0 Å². The molecule has 1 aromatic heterocycles. The van der Waals surface area contributed by atoms with E-state index in [1.807, 2.05) is 61.3 Å². The quantitative estimate of drug-likeness (QED) is 0.747. The summed E-state index contributed by atoms with van der Waals surface area (Å²) in [5, 5.41) is 2.03. The summed E-state index contributed by atoms with van der Waals surface area (Å²) in [4.78, 5) is 28.8. The number of carbonyl (C=O) groups is 2. The number of imide groups is 1. The lowest BCUT2D eigenvalue weighted by Crippen LogP contribution is -2.25. The smallest absolute Gasteiger partial charge is 0.285 e. The number of benzene rings is 1. The van der Waals surface area contributed by atoms with Crippen molar-refractivity contribution in [1.29, 1.82) is 0 Å². The van der Waals surface area contributed by atoms with Gasteiger partial charge in [0.05, 0.1) is 6.54 Å². The highest BCUT2D eigenvalue weighted by atomic mass is 32.2. The van der Waals surface area contributed by atoms with Gasteiger partial charge in [-0.25, -0.2) is 4.98 Å². The summed E-state index contributed by atoms with van der Waals surface area (Å²) in [6.07, 6.45) is 2.51. The van der Waals surface area contributed by atoms with E-state index in [1.165, 1.54) is 6.92 Å². The van der Waals surface area contributed by atoms with E-state index in [0.29, 0.717) is 6.61 Å². The number of anilines is 1. The lowest BCUT2D eigenvalue weighted by Gasteiger charge is -2.18. The van der Waals surface area contributed by atoms with Crippen molar-refractivity contribution in [3.63, 3.8) is 0 Å². The Morgan fingerprint density at radius 2 is 1.96 bits per heavy atom. The second kappa shape index (κ2) is 10.6. The van der Waals surface area contributed by atoms with E-state index in [2.05, 4.69) is 10.3 Å². The maximum Gasteiger partial charge on any atom is 0.285 e. The molecule has 2 rings (SSSR count). The highest BCUT2D eigenvalue weighted by Crippen LogP contribution is 2.19. The monoisotopic (exact) mass is 387 g/mol. The van der Waals surface area contributed by atoms with E-state index >= 15 is 0 Å². The number of carbonyl (C=O) groups excluding carboxylic acids is 2. The average molecular weight is 388 g/mol. The molecule has 0 aliphatic heterocycles. The van der Waals surface area contributed by atoms with Crippen LogP contribution >= 0.6 is 11.8 Å². The summed E-state index contributed by atoms with van der Waals surface area (Å²) in [6.45, 7) is 4.58.